The van der Waals surface area contributed by atoms with E-state index in [1.54, 1.807) is 0 Å². The van der Waals surface area contributed by atoms with Gasteiger partial charge >= 0.3 is 0 Å². The molecular formula is C13H24O6. The number of aliphatic hydroxyl groups excluding tert-OH is 1. The number of aliphatic hydroxyl groups is 1. The van der Waals surface area contributed by atoms with E-state index in [-0.39, 0.29) is 18.8 Å². The molecule has 0 amide bonds. The molecule has 19 heavy (non-hydrogen) atoms. The van der Waals surface area contributed by atoms with Crippen molar-refractivity contribution in [1.82, 2.24) is 0 Å². The topological polar surface area (TPSA) is 66.4 Å². The highest BCUT2D eigenvalue weighted by Gasteiger charge is 2.46. The molecule has 2 heterocycles. The Morgan fingerprint density at radius 2 is 1.74 bits per heavy atom. The molecule has 0 saturated carbocycles. The Balaban J connectivity index is 2.17. The highest BCUT2D eigenvalue weighted by atomic mass is 16.8. The third-order valence-corrected chi connectivity index (χ3v) is 3.22. The third-order valence-electron chi connectivity index (χ3n) is 3.22. The molecule has 0 aromatic carbocycles. The Morgan fingerprint density at radius 1 is 1.05 bits per heavy atom. The van der Waals surface area contributed by atoms with Crippen LogP contribution in [0.15, 0.2) is 0 Å². The second kappa shape index (κ2) is 5.27. The average Bonchev–Trinajstić information content (AvgIpc) is 2.57. The molecule has 2 rings (SSSR count). The maximum absolute atomic E-state index is 9.45. The zero-order valence-corrected chi connectivity index (χ0v) is 12.2. The van der Waals surface area contributed by atoms with Crippen LogP contribution in [0, 0.1) is 0 Å². The van der Waals surface area contributed by atoms with Crippen LogP contribution in [-0.2, 0) is 23.7 Å². The summed E-state index contributed by atoms with van der Waals surface area (Å²) in [6, 6.07) is 0. The first-order valence-electron chi connectivity index (χ1n) is 6.66. The predicted molar refractivity (Wildman–Crippen MR) is 66.4 cm³/mol. The van der Waals surface area contributed by atoms with E-state index in [0.717, 1.165) is 0 Å². The van der Waals surface area contributed by atoms with Crippen molar-refractivity contribution in [3.05, 3.63) is 0 Å². The van der Waals surface area contributed by atoms with Gasteiger partial charge in [0.15, 0.2) is 17.9 Å². The van der Waals surface area contributed by atoms with Crippen LogP contribution in [0.5, 0.6) is 0 Å². The molecule has 6 heteroatoms. The van der Waals surface area contributed by atoms with Crippen molar-refractivity contribution in [1.29, 1.82) is 0 Å². The van der Waals surface area contributed by atoms with Crippen molar-refractivity contribution in [3.8, 4) is 0 Å². The minimum atomic E-state index is -0.763. The van der Waals surface area contributed by atoms with Gasteiger partial charge in [0, 0.05) is 0 Å². The van der Waals surface area contributed by atoms with Gasteiger partial charge in [0.25, 0.3) is 0 Å². The second-order valence-electron chi connectivity index (χ2n) is 5.93. The summed E-state index contributed by atoms with van der Waals surface area (Å²) in [4.78, 5) is 0. The van der Waals surface area contributed by atoms with Gasteiger partial charge in [-0.3, -0.25) is 0 Å². The maximum Gasteiger partial charge on any atom is 0.189 e. The van der Waals surface area contributed by atoms with Crippen LogP contribution in [0.25, 0.3) is 0 Å². The molecule has 112 valence electrons. The first-order valence-corrected chi connectivity index (χ1v) is 6.66. The minimum absolute atomic E-state index is 0.149. The molecule has 0 bridgehead atoms. The summed E-state index contributed by atoms with van der Waals surface area (Å²) in [5.74, 6) is -1.48. The summed E-state index contributed by atoms with van der Waals surface area (Å²) in [6.07, 6.45) is -1.69. The van der Waals surface area contributed by atoms with Gasteiger partial charge in [-0.2, -0.15) is 0 Å². The van der Waals surface area contributed by atoms with Crippen molar-refractivity contribution >= 4 is 0 Å². The minimum Gasteiger partial charge on any atom is -0.394 e. The molecule has 0 radical (unpaired) electrons. The van der Waals surface area contributed by atoms with E-state index in [1.807, 2.05) is 34.6 Å². The standard InChI is InChI=1S/C13H24O6/c1-8-9(6-14)16-11-10(18-13(4,5)19-11)7-15-12(2,3)17-8/h8-11,14H,6-7H2,1-5H3/t8-,9?,10+,11-/m1/s1. The molecule has 1 N–H and O–H groups in total. The molecule has 2 saturated heterocycles. The highest BCUT2D eigenvalue weighted by Crippen LogP contribution is 2.32. The van der Waals surface area contributed by atoms with Gasteiger partial charge in [-0.25, -0.2) is 0 Å². The summed E-state index contributed by atoms with van der Waals surface area (Å²) >= 11 is 0. The fourth-order valence-corrected chi connectivity index (χ4v) is 2.35. The van der Waals surface area contributed by atoms with Gasteiger partial charge in [0.1, 0.15) is 12.2 Å². The third kappa shape index (κ3) is 3.65. The molecule has 1 unspecified atom stereocenters. The number of fused-ring (bicyclic) bond motifs is 1. The lowest BCUT2D eigenvalue weighted by Crippen LogP contribution is -2.41. The molecule has 2 aliphatic rings. The van der Waals surface area contributed by atoms with Gasteiger partial charge in [0.05, 0.1) is 19.3 Å². The second-order valence-corrected chi connectivity index (χ2v) is 5.93. The lowest BCUT2D eigenvalue weighted by molar-refractivity contribution is -0.267. The molecule has 2 fully saturated rings. The van der Waals surface area contributed by atoms with E-state index in [9.17, 15) is 5.11 Å². The Hall–Kier alpha value is -0.240. The summed E-state index contributed by atoms with van der Waals surface area (Å²) in [5, 5.41) is 9.45. The lowest BCUT2D eigenvalue weighted by atomic mass is 10.2. The number of ether oxygens (including phenoxy) is 5. The monoisotopic (exact) mass is 276 g/mol. The Bertz CT molecular complexity index is 316. The van der Waals surface area contributed by atoms with Crippen LogP contribution in [0.3, 0.4) is 0 Å². The summed E-state index contributed by atoms with van der Waals surface area (Å²) < 4.78 is 28.7. The van der Waals surface area contributed by atoms with E-state index in [2.05, 4.69) is 0 Å². The average molecular weight is 276 g/mol. The van der Waals surface area contributed by atoms with Crippen LogP contribution in [0.2, 0.25) is 0 Å². The van der Waals surface area contributed by atoms with E-state index >= 15 is 0 Å². The predicted octanol–water partition coefficient (Wildman–Crippen LogP) is 1.01. The number of rotatable bonds is 1. The Kier molecular flexibility index (Phi) is 4.21. The van der Waals surface area contributed by atoms with Crippen LogP contribution in [0.4, 0.5) is 0 Å². The number of hydrogen-bond acceptors (Lipinski definition) is 6. The van der Waals surface area contributed by atoms with Crippen LogP contribution in [-0.4, -0.2) is 54.5 Å². The van der Waals surface area contributed by atoms with Gasteiger partial charge in [-0.1, -0.05) is 0 Å². The lowest BCUT2D eigenvalue weighted by Gasteiger charge is -2.31. The van der Waals surface area contributed by atoms with Crippen molar-refractivity contribution in [2.45, 2.75) is 70.8 Å². The van der Waals surface area contributed by atoms with Crippen molar-refractivity contribution < 1.29 is 28.8 Å². The maximum atomic E-state index is 9.45. The summed E-state index contributed by atoms with van der Waals surface area (Å²) in [5.41, 5.74) is 0. The first-order chi connectivity index (χ1) is 8.72. The van der Waals surface area contributed by atoms with Gasteiger partial charge in [-0.05, 0) is 34.6 Å². The molecular weight excluding hydrogens is 252 g/mol. The smallest absolute Gasteiger partial charge is 0.189 e. The van der Waals surface area contributed by atoms with E-state index < -0.39 is 24.0 Å². The van der Waals surface area contributed by atoms with Gasteiger partial charge in [-0.15, -0.1) is 0 Å². The molecule has 4 atom stereocenters. The van der Waals surface area contributed by atoms with Crippen LogP contribution >= 0.6 is 0 Å². The zero-order chi connectivity index (χ0) is 14.3. The molecule has 6 nitrogen and oxygen atoms in total. The normalized spacial score (nSPS) is 42.0. The van der Waals surface area contributed by atoms with Gasteiger partial charge < -0.3 is 28.8 Å². The van der Waals surface area contributed by atoms with Crippen molar-refractivity contribution in [2.75, 3.05) is 13.2 Å². The Labute approximate surface area is 113 Å². The van der Waals surface area contributed by atoms with Crippen LogP contribution < -0.4 is 0 Å². The molecule has 0 spiro atoms. The molecule has 2 aliphatic heterocycles. The largest absolute Gasteiger partial charge is 0.394 e. The van der Waals surface area contributed by atoms with E-state index in [4.69, 9.17) is 23.7 Å². The highest BCUT2D eigenvalue weighted by molar-refractivity contribution is 4.80. The number of hydrogen-bond donors (Lipinski definition) is 1. The van der Waals surface area contributed by atoms with E-state index in [1.165, 1.54) is 0 Å². The molecule has 0 aromatic heterocycles. The van der Waals surface area contributed by atoms with Crippen molar-refractivity contribution in [3.63, 3.8) is 0 Å². The van der Waals surface area contributed by atoms with Crippen LogP contribution in [0.1, 0.15) is 34.6 Å². The van der Waals surface area contributed by atoms with Crippen molar-refractivity contribution in [2.24, 2.45) is 0 Å². The Morgan fingerprint density at radius 3 is 2.37 bits per heavy atom. The SMILES string of the molecule is C[C@H]1OC(C)(C)OC[C@@H]2OC(C)(C)O[C@H]2OC1CO. The first kappa shape index (κ1) is 15.2. The summed E-state index contributed by atoms with van der Waals surface area (Å²) in [7, 11) is 0. The molecule has 0 aliphatic carbocycles. The fraction of sp³-hybridized carbons (Fsp3) is 1.00. The quantitative estimate of drug-likeness (QED) is 0.771. The van der Waals surface area contributed by atoms with E-state index in [0.29, 0.717) is 6.61 Å². The van der Waals surface area contributed by atoms with Gasteiger partial charge in [0.2, 0.25) is 0 Å². The summed E-state index contributed by atoms with van der Waals surface area (Å²) in [6.45, 7) is 9.32. The molecule has 0 aromatic rings. The fourth-order valence-electron chi connectivity index (χ4n) is 2.35. The zero-order valence-electron chi connectivity index (χ0n) is 12.2.